The molecule has 1 aliphatic heterocycles. The van der Waals surface area contributed by atoms with Gasteiger partial charge in [-0.15, -0.1) is 11.8 Å². The van der Waals surface area contributed by atoms with Gasteiger partial charge in [0.1, 0.15) is 11.6 Å². The molecule has 2 aromatic carbocycles. The fourth-order valence-electron chi connectivity index (χ4n) is 4.67. The smallest absolute Gasteiger partial charge is 0.123 e. The molecule has 0 radical (unpaired) electrons. The molecule has 2 nitrogen and oxygen atoms in total. The Hall–Kier alpha value is -1.85. The van der Waals surface area contributed by atoms with Crippen molar-refractivity contribution in [3.63, 3.8) is 0 Å². The minimum Gasteiger partial charge on any atom is -0.341 e. The maximum Gasteiger partial charge on any atom is 0.123 e. The number of piperidine rings is 1. The third-order valence-electron chi connectivity index (χ3n) is 6.40. The molecule has 2 heterocycles. The van der Waals surface area contributed by atoms with Crippen LogP contribution in [0.25, 0.3) is 10.9 Å². The van der Waals surface area contributed by atoms with Gasteiger partial charge in [-0.3, -0.25) is 0 Å². The third kappa shape index (κ3) is 5.32. The molecule has 0 unspecified atom stereocenters. The van der Waals surface area contributed by atoms with Crippen molar-refractivity contribution >= 4 is 22.7 Å². The zero-order valence-electron chi connectivity index (χ0n) is 18.7. The molecule has 4 rings (SSSR count). The van der Waals surface area contributed by atoms with Gasteiger partial charge in [-0.1, -0.05) is 20.8 Å². The van der Waals surface area contributed by atoms with Crippen LogP contribution in [-0.2, 0) is 6.42 Å². The van der Waals surface area contributed by atoms with Gasteiger partial charge in [0.05, 0.1) is 0 Å². The zero-order valence-corrected chi connectivity index (χ0v) is 19.5. The molecule has 3 aromatic rings. The van der Waals surface area contributed by atoms with Crippen molar-refractivity contribution in [1.82, 2.24) is 9.47 Å². The Kier molecular flexibility index (Phi) is 6.73. The zero-order chi connectivity index (χ0) is 22.0. The summed E-state index contributed by atoms with van der Waals surface area (Å²) in [7, 11) is 0. The minimum absolute atomic E-state index is 0.102. The number of nitrogens with zero attached hydrogens (tertiary/aromatic N) is 2. The maximum absolute atomic E-state index is 13.7. The summed E-state index contributed by atoms with van der Waals surface area (Å²) in [6.45, 7) is 9.97. The second-order valence-corrected chi connectivity index (χ2v) is 11.0. The predicted molar refractivity (Wildman–Crippen MR) is 127 cm³/mol. The van der Waals surface area contributed by atoms with Crippen LogP contribution in [0, 0.1) is 11.6 Å². The number of thioether (sulfide) groups is 1. The summed E-state index contributed by atoms with van der Waals surface area (Å²) in [5.74, 6) is -0.347. The fraction of sp³-hybridized carbons (Fsp3) is 0.462. The Morgan fingerprint density at radius 1 is 0.968 bits per heavy atom. The Bertz CT molecular complexity index is 1020. The van der Waals surface area contributed by atoms with E-state index in [0.29, 0.717) is 6.04 Å². The summed E-state index contributed by atoms with van der Waals surface area (Å²) in [5.41, 5.74) is 2.46. The molecule has 1 aromatic heterocycles. The number of halogens is 2. The van der Waals surface area contributed by atoms with Crippen molar-refractivity contribution in [3.8, 4) is 0 Å². The van der Waals surface area contributed by atoms with E-state index in [0.717, 1.165) is 61.1 Å². The van der Waals surface area contributed by atoms with Crippen molar-refractivity contribution in [2.45, 2.75) is 62.1 Å². The number of fused-ring (bicyclic) bond motifs is 1. The van der Waals surface area contributed by atoms with Gasteiger partial charge in [-0.05, 0) is 80.8 Å². The van der Waals surface area contributed by atoms with Gasteiger partial charge in [-0.2, -0.15) is 0 Å². The second-order valence-electron chi connectivity index (χ2n) is 9.20. The largest absolute Gasteiger partial charge is 0.341 e. The second kappa shape index (κ2) is 9.33. The standard InChI is InChI=1S/C26H32F2N2S/c1-4-22-18-19-17-21(28)7-10-25(19)30(22)23-11-14-29(15-12-23)16-13-26(2,3)31-24-8-5-20(27)6-9-24/h5-10,17-18,23H,4,11-16H2,1-3H3. The monoisotopic (exact) mass is 442 g/mol. The number of likely N-dealkylation sites (tertiary alicyclic amines) is 1. The lowest BCUT2D eigenvalue weighted by molar-refractivity contribution is 0.182. The van der Waals surface area contributed by atoms with Crippen molar-refractivity contribution in [2.24, 2.45) is 0 Å². The van der Waals surface area contributed by atoms with E-state index in [1.54, 1.807) is 12.1 Å². The molecule has 0 amide bonds. The number of rotatable bonds is 7. The highest BCUT2D eigenvalue weighted by atomic mass is 32.2. The summed E-state index contributed by atoms with van der Waals surface area (Å²) in [6.07, 6.45) is 4.30. The van der Waals surface area contributed by atoms with E-state index in [2.05, 4.69) is 36.3 Å². The van der Waals surface area contributed by atoms with E-state index in [9.17, 15) is 8.78 Å². The van der Waals surface area contributed by atoms with E-state index < -0.39 is 0 Å². The molecule has 0 saturated carbocycles. The summed E-state index contributed by atoms with van der Waals surface area (Å²) in [6, 6.07) is 14.6. The average Bonchev–Trinajstić information content (AvgIpc) is 3.12. The fourth-order valence-corrected chi connectivity index (χ4v) is 5.77. The molecule has 0 bridgehead atoms. The predicted octanol–water partition coefficient (Wildman–Crippen LogP) is 7.08. The first-order valence-corrected chi connectivity index (χ1v) is 12.1. The topological polar surface area (TPSA) is 8.17 Å². The van der Waals surface area contributed by atoms with Gasteiger partial charge in [0, 0.05) is 45.4 Å². The van der Waals surface area contributed by atoms with Crippen LogP contribution in [0.5, 0.6) is 0 Å². The number of aryl methyl sites for hydroxylation is 1. The molecule has 1 saturated heterocycles. The van der Waals surface area contributed by atoms with Crippen LogP contribution in [-0.4, -0.2) is 33.8 Å². The van der Waals surface area contributed by atoms with Crippen molar-refractivity contribution in [3.05, 3.63) is 65.9 Å². The van der Waals surface area contributed by atoms with E-state index in [1.165, 1.54) is 17.8 Å². The van der Waals surface area contributed by atoms with Gasteiger partial charge in [0.15, 0.2) is 0 Å². The quantitative estimate of drug-likeness (QED) is 0.361. The summed E-state index contributed by atoms with van der Waals surface area (Å²) < 4.78 is 29.4. The Balaban J connectivity index is 1.35. The summed E-state index contributed by atoms with van der Waals surface area (Å²) in [5, 5.41) is 1.01. The average molecular weight is 443 g/mol. The van der Waals surface area contributed by atoms with E-state index >= 15 is 0 Å². The highest BCUT2D eigenvalue weighted by Gasteiger charge is 2.26. The molecular weight excluding hydrogens is 410 g/mol. The first-order chi connectivity index (χ1) is 14.8. The first kappa shape index (κ1) is 22.3. The van der Waals surface area contributed by atoms with Crippen LogP contribution in [0.2, 0.25) is 0 Å². The highest BCUT2D eigenvalue weighted by molar-refractivity contribution is 8.00. The summed E-state index contributed by atoms with van der Waals surface area (Å²) in [4.78, 5) is 3.69. The molecule has 1 aliphatic rings. The van der Waals surface area contributed by atoms with Crippen LogP contribution >= 0.6 is 11.8 Å². The van der Waals surface area contributed by atoms with E-state index in [4.69, 9.17) is 0 Å². The molecule has 1 fully saturated rings. The molecule has 166 valence electrons. The first-order valence-electron chi connectivity index (χ1n) is 11.3. The number of hydrogen-bond acceptors (Lipinski definition) is 2. The summed E-state index contributed by atoms with van der Waals surface area (Å²) >= 11 is 1.82. The lowest BCUT2D eigenvalue weighted by atomic mass is 10.0. The molecule has 5 heteroatoms. The van der Waals surface area contributed by atoms with Crippen molar-refractivity contribution in [1.29, 1.82) is 0 Å². The SMILES string of the molecule is CCc1cc2cc(F)ccc2n1C1CCN(CCC(C)(C)Sc2ccc(F)cc2)CC1. The Labute approximate surface area is 188 Å². The molecule has 0 atom stereocenters. The number of hydrogen-bond donors (Lipinski definition) is 0. The maximum atomic E-state index is 13.7. The van der Waals surface area contributed by atoms with Crippen LogP contribution in [0.3, 0.4) is 0 Å². The lowest BCUT2D eigenvalue weighted by Crippen LogP contribution is -2.37. The van der Waals surface area contributed by atoms with Crippen molar-refractivity contribution < 1.29 is 8.78 Å². The van der Waals surface area contributed by atoms with E-state index in [-0.39, 0.29) is 16.4 Å². The number of aromatic nitrogens is 1. The normalized spacial score (nSPS) is 16.3. The van der Waals surface area contributed by atoms with Gasteiger partial charge in [0.25, 0.3) is 0 Å². The van der Waals surface area contributed by atoms with Gasteiger partial charge in [-0.25, -0.2) is 8.78 Å². The number of benzene rings is 2. The van der Waals surface area contributed by atoms with Crippen LogP contribution in [0.4, 0.5) is 8.78 Å². The van der Waals surface area contributed by atoms with Gasteiger partial charge < -0.3 is 9.47 Å². The Morgan fingerprint density at radius 3 is 2.32 bits per heavy atom. The van der Waals surface area contributed by atoms with Gasteiger partial charge in [0.2, 0.25) is 0 Å². The van der Waals surface area contributed by atoms with Crippen LogP contribution in [0.1, 0.15) is 51.8 Å². The Morgan fingerprint density at radius 2 is 1.65 bits per heavy atom. The highest BCUT2D eigenvalue weighted by Crippen LogP contribution is 2.36. The third-order valence-corrected chi connectivity index (χ3v) is 7.67. The minimum atomic E-state index is -0.183. The van der Waals surface area contributed by atoms with Crippen LogP contribution in [0.15, 0.2) is 53.4 Å². The molecule has 0 aliphatic carbocycles. The van der Waals surface area contributed by atoms with Crippen LogP contribution < -0.4 is 0 Å². The molecule has 31 heavy (non-hydrogen) atoms. The lowest BCUT2D eigenvalue weighted by Gasteiger charge is -2.36. The molecular formula is C26H32F2N2S. The molecule has 0 spiro atoms. The van der Waals surface area contributed by atoms with E-state index in [1.807, 2.05) is 30.0 Å². The van der Waals surface area contributed by atoms with Crippen molar-refractivity contribution in [2.75, 3.05) is 19.6 Å². The molecule has 0 N–H and O–H groups in total. The van der Waals surface area contributed by atoms with Gasteiger partial charge >= 0.3 is 0 Å².